The smallest absolute Gasteiger partial charge is 0.115 e. The van der Waals surface area contributed by atoms with Gasteiger partial charge in [0.25, 0.3) is 0 Å². The Hall–Kier alpha value is -1.76. The first kappa shape index (κ1) is 16.6. The molecule has 0 bridgehead atoms. The Kier molecular flexibility index (Phi) is 5.65. The van der Waals surface area contributed by atoms with Crippen LogP contribution in [0.1, 0.15) is 55.7 Å². The van der Waals surface area contributed by atoms with Crippen molar-refractivity contribution < 1.29 is 5.11 Å². The molecular formula is C21H28O. The summed E-state index contributed by atoms with van der Waals surface area (Å²) in [5, 5.41) is 8.63. The number of hydrogen-bond donors (Lipinski definition) is 1. The highest BCUT2D eigenvalue weighted by molar-refractivity contribution is 5.34. The van der Waals surface area contributed by atoms with E-state index in [2.05, 4.69) is 39.0 Å². The molecule has 1 fully saturated rings. The van der Waals surface area contributed by atoms with Crippen LogP contribution in [0.4, 0.5) is 0 Å². The average Bonchev–Trinajstić information content (AvgIpc) is 2.48. The summed E-state index contributed by atoms with van der Waals surface area (Å²) in [6.07, 6.45) is 6.99. The SMILES string of the molecule is Cc1cc(C)cc(C2(C)CCCCC2)c1.Oc1ccccc1. The summed E-state index contributed by atoms with van der Waals surface area (Å²) in [5.41, 5.74) is 4.85. The first-order valence-electron chi connectivity index (χ1n) is 8.32. The van der Waals surface area contributed by atoms with Crippen molar-refractivity contribution in [1.82, 2.24) is 0 Å². The maximum atomic E-state index is 8.63. The van der Waals surface area contributed by atoms with E-state index in [1.54, 1.807) is 29.8 Å². The molecule has 1 heteroatoms. The van der Waals surface area contributed by atoms with Crippen LogP contribution in [0, 0.1) is 13.8 Å². The molecule has 1 nitrogen and oxygen atoms in total. The monoisotopic (exact) mass is 296 g/mol. The van der Waals surface area contributed by atoms with E-state index in [4.69, 9.17) is 5.11 Å². The summed E-state index contributed by atoms with van der Waals surface area (Å²) < 4.78 is 0. The zero-order valence-corrected chi connectivity index (χ0v) is 14.1. The zero-order chi connectivity index (χ0) is 16.0. The van der Waals surface area contributed by atoms with Gasteiger partial charge in [-0.05, 0) is 49.8 Å². The molecule has 22 heavy (non-hydrogen) atoms. The number of phenolic OH excluding ortho intramolecular Hbond substituents is 1. The van der Waals surface area contributed by atoms with Gasteiger partial charge in [-0.25, -0.2) is 0 Å². The third kappa shape index (κ3) is 4.62. The van der Waals surface area contributed by atoms with E-state index in [9.17, 15) is 0 Å². The van der Waals surface area contributed by atoms with Gasteiger partial charge >= 0.3 is 0 Å². The molecular weight excluding hydrogens is 268 g/mol. The average molecular weight is 296 g/mol. The van der Waals surface area contributed by atoms with Gasteiger partial charge in [0.2, 0.25) is 0 Å². The van der Waals surface area contributed by atoms with Gasteiger partial charge in [0, 0.05) is 0 Å². The number of para-hydroxylation sites is 1. The molecule has 1 saturated carbocycles. The summed E-state index contributed by atoms with van der Waals surface area (Å²) in [7, 11) is 0. The summed E-state index contributed by atoms with van der Waals surface area (Å²) in [6.45, 7) is 6.87. The maximum absolute atomic E-state index is 8.63. The molecule has 1 N–H and O–H groups in total. The van der Waals surface area contributed by atoms with E-state index < -0.39 is 0 Å². The van der Waals surface area contributed by atoms with Crippen LogP contribution in [0.5, 0.6) is 5.75 Å². The van der Waals surface area contributed by atoms with Gasteiger partial charge in [-0.1, -0.05) is 73.7 Å². The summed E-state index contributed by atoms with van der Waals surface area (Å²) in [6, 6.07) is 15.8. The number of rotatable bonds is 1. The van der Waals surface area contributed by atoms with Crippen LogP contribution in [0.2, 0.25) is 0 Å². The quantitative estimate of drug-likeness (QED) is 0.692. The van der Waals surface area contributed by atoms with Crippen LogP contribution in [0.15, 0.2) is 48.5 Å². The normalized spacial score (nSPS) is 16.5. The van der Waals surface area contributed by atoms with Gasteiger partial charge in [0.05, 0.1) is 0 Å². The Labute approximate surface area is 135 Å². The van der Waals surface area contributed by atoms with Crippen LogP contribution in [-0.2, 0) is 5.41 Å². The van der Waals surface area contributed by atoms with Gasteiger partial charge in [0.1, 0.15) is 5.75 Å². The molecule has 0 unspecified atom stereocenters. The third-order valence-corrected chi connectivity index (χ3v) is 4.63. The third-order valence-electron chi connectivity index (χ3n) is 4.63. The Morgan fingerprint density at radius 1 is 0.818 bits per heavy atom. The van der Waals surface area contributed by atoms with Gasteiger partial charge in [-0.15, -0.1) is 0 Å². The van der Waals surface area contributed by atoms with Gasteiger partial charge < -0.3 is 5.11 Å². The molecule has 0 heterocycles. The Morgan fingerprint density at radius 3 is 1.82 bits per heavy atom. The molecule has 3 rings (SSSR count). The molecule has 0 radical (unpaired) electrons. The van der Waals surface area contributed by atoms with Crippen molar-refractivity contribution in [1.29, 1.82) is 0 Å². The van der Waals surface area contributed by atoms with Crippen molar-refractivity contribution in [2.24, 2.45) is 0 Å². The first-order chi connectivity index (χ1) is 10.5. The van der Waals surface area contributed by atoms with Crippen molar-refractivity contribution >= 4 is 0 Å². The molecule has 0 atom stereocenters. The second-order valence-electron chi connectivity index (χ2n) is 6.83. The fourth-order valence-electron chi connectivity index (χ4n) is 3.37. The van der Waals surface area contributed by atoms with E-state index in [-0.39, 0.29) is 0 Å². The number of aryl methyl sites for hydroxylation is 2. The van der Waals surface area contributed by atoms with Crippen LogP contribution >= 0.6 is 0 Å². The summed E-state index contributed by atoms with van der Waals surface area (Å²) in [4.78, 5) is 0. The topological polar surface area (TPSA) is 20.2 Å². The van der Waals surface area contributed by atoms with Crippen molar-refractivity contribution in [3.05, 3.63) is 65.2 Å². The predicted octanol–water partition coefficient (Wildman–Crippen LogP) is 5.92. The summed E-state index contributed by atoms with van der Waals surface area (Å²) in [5.74, 6) is 0.322. The van der Waals surface area contributed by atoms with E-state index >= 15 is 0 Å². The lowest BCUT2D eigenvalue weighted by molar-refractivity contribution is 0.319. The predicted molar refractivity (Wildman–Crippen MR) is 94.5 cm³/mol. The molecule has 0 aromatic heterocycles. The lowest BCUT2D eigenvalue weighted by Gasteiger charge is -2.34. The molecule has 0 amide bonds. The highest BCUT2D eigenvalue weighted by Gasteiger charge is 2.28. The molecule has 2 aromatic carbocycles. The summed E-state index contributed by atoms with van der Waals surface area (Å²) >= 11 is 0. The van der Waals surface area contributed by atoms with E-state index in [1.807, 2.05) is 6.07 Å². The van der Waals surface area contributed by atoms with Crippen molar-refractivity contribution in [2.45, 2.75) is 58.3 Å². The van der Waals surface area contributed by atoms with E-state index in [0.717, 1.165) is 0 Å². The minimum Gasteiger partial charge on any atom is -0.508 e. The molecule has 118 valence electrons. The lowest BCUT2D eigenvalue weighted by Crippen LogP contribution is -2.25. The molecule has 2 aromatic rings. The molecule has 0 aliphatic heterocycles. The minimum atomic E-state index is 0.322. The standard InChI is InChI=1S/C15H22.C6H6O/c1-12-9-13(2)11-14(10-12)15(3)7-5-4-6-8-15;7-6-4-2-1-3-5-6/h9-11H,4-8H2,1-3H3;1-5,7H. The minimum absolute atomic E-state index is 0.322. The zero-order valence-electron chi connectivity index (χ0n) is 14.1. The maximum Gasteiger partial charge on any atom is 0.115 e. The lowest BCUT2D eigenvalue weighted by atomic mass is 9.70. The fourth-order valence-corrected chi connectivity index (χ4v) is 3.37. The number of benzene rings is 2. The van der Waals surface area contributed by atoms with Crippen LogP contribution in [0.3, 0.4) is 0 Å². The molecule has 1 aliphatic rings. The Balaban J connectivity index is 0.000000211. The molecule has 0 spiro atoms. The molecule has 1 aliphatic carbocycles. The Morgan fingerprint density at radius 2 is 1.36 bits per heavy atom. The largest absolute Gasteiger partial charge is 0.508 e. The number of aromatic hydroxyl groups is 1. The highest BCUT2D eigenvalue weighted by Crippen LogP contribution is 2.39. The number of phenols is 1. The van der Waals surface area contributed by atoms with Gasteiger partial charge in [-0.3, -0.25) is 0 Å². The van der Waals surface area contributed by atoms with Crippen molar-refractivity contribution in [3.63, 3.8) is 0 Å². The Bertz CT molecular complexity index is 560. The van der Waals surface area contributed by atoms with Crippen LogP contribution < -0.4 is 0 Å². The molecule has 0 saturated heterocycles. The van der Waals surface area contributed by atoms with E-state index in [0.29, 0.717) is 11.2 Å². The second kappa shape index (κ2) is 7.49. The van der Waals surface area contributed by atoms with Crippen molar-refractivity contribution in [2.75, 3.05) is 0 Å². The van der Waals surface area contributed by atoms with Crippen molar-refractivity contribution in [3.8, 4) is 5.75 Å². The van der Waals surface area contributed by atoms with Gasteiger partial charge in [0.15, 0.2) is 0 Å². The number of hydrogen-bond acceptors (Lipinski definition) is 1. The highest BCUT2D eigenvalue weighted by atomic mass is 16.3. The van der Waals surface area contributed by atoms with Crippen LogP contribution in [0.25, 0.3) is 0 Å². The first-order valence-corrected chi connectivity index (χ1v) is 8.32. The van der Waals surface area contributed by atoms with Crippen LogP contribution in [-0.4, -0.2) is 5.11 Å². The van der Waals surface area contributed by atoms with Gasteiger partial charge in [-0.2, -0.15) is 0 Å². The van der Waals surface area contributed by atoms with E-state index in [1.165, 1.54) is 43.2 Å². The fraction of sp³-hybridized carbons (Fsp3) is 0.429. The second-order valence-corrected chi connectivity index (χ2v) is 6.83.